The van der Waals surface area contributed by atoms with E-state index in [1.165, 1.54) is 0 Å². The van der Waals surface area contributed by atoms with E-state index in [9.17, 15) is 35.1 Å². The number of hydrogen-bond acceptors (Lipinski definition) is 1. The van der Waals surface area contributed by atoms with Gasteiger partial charge in [-0.2, -0.15) is 22.0 Å². The largest absolute Gasteiger partial charge is 0.429 e. The first-order valence-electron chi connectivity index (χ1n) is 6.32. The predicted molar refractivity (Wildman–Crippen MR) is 67.0 cm³/mol. The summed E-state index contributed by atoms with van der Waals surface area (Å²) in [4.78, 5) is 0. The minimum Gasteiger partial charge on any atom is -0.429 e. The molecular weight excluding hydrogens is 348 g/mol. The lowest BCUT2D eigenvalue weighted by molar-refractivity contribution is -0.187. The van der Waals surface area contributed by atoms with Crippen molar-refractivity contribution >= 4 is 0 Å². The second-order valence-corrected chi connectivity index (χ2v) is 4.82. The molecule has 9 heteroatoms. The van der Waals surface area contributed by atoms with Gasteiger partial charge in [0, 0.05) is 6.07 Å². The van der Waals surface area contributed by atoms with Crippen LogP contribution in [0.5, 0.6) is 5.75 Å². The molecule has 0 saturated carbocycles. The van der Waals surface area contributed by atoms with Crippen LogP contribution in [0, 0.1) is 24.4 Å². The van der Waals surface area contributed by atoms with Crippen LogP contribution in [-0.4, -0.2) is 0 Å². The number of hydrogen-bond donors (Lipinski definition) is 0. The van der Waals surface area contributed by atoms with Crippen molar-refractivity contribution in [2.75, 3.05) is 0 Å². The highest BCUT2D eigenvalue weighted by Crippen LogP contribution is 2.37. The highest BCUT2D eigenvalue weighted by Gasteiger charge is 2.40. The Hall–Kier alpha value is -2.32. The molecule has 0 aliphatic heterocycles. The molecule has 0 bridgehead atoms. The van der Waals surface area contributed by atoms with Crippen molar-refractivity contribution in [2.24, 2.45) is 0 Å². The molecular formula is C15H8F8O. The average Bonchev–Trinajstić information content (AvgIpc) is 2.42. The standard InChI is InChI=1S/C15H8F8O/c1-7-2-4-10(13(18)12(7)17)15(22,23)24-8-3-5-9(11(16)6-8)14(19,20)21/h2-6H,1H3. The van der Waals surface area contributed by atoms with E-state index in [2.05, 4.69) is 4.74 Å². The molecule has 0 unspecified atom stereocenters. The topological polar surface area (TPSA) is 9.23 Å². The number of ether oxygens (including phenoxy) is 1. The van der Waals surface area contributed by atoms with Gasteiger partial charge in [-0.1, -0.05) is 6.07 Å². The summed E-state index contributed by atoms with van der Waals surface area (Å²) in [6.45, 7) is 1.15. The normalized spacial score (nSPS) is 12.4. The molecule has 2 rings (SSSR count). The van der Waals surface area contributed by atoms with E-state index in [1.807, 2.05) is 0 Å². The van der Waals surface area contributed by atoms with E-state index >= 15 is 0 Å². The molecule has 0 radical (unpaired) electrons. The average molecular weight is 356 g/mol. The number of rotatable bonds is 3. The maximum atomic E-state index is 13.9. The Morgan fingerprint density at radius 1 is 0.792 bits per heavy atom. The molecule has 24 heavy (non-hydrogen) atoms. The summed E-state index contributed by atoms with van der Waals surface area (Å²) in [6.07, 6.45) is -9.44. The molecule has 0 aliphatic carbocycles. The minimum absolute atomic E-state index is 0.0825. The smallest absolute Gasteiger partial charge is 0.429 e. The van der Waals surface area contributed by atoms with Crippen molar-refractivity contribution in [3.05, 3.63) is 64.5 Å². The van der Waals surface area contributed by atoms with Gasteiger partial charge in [0.1, 0.15) is 17.1 Å². The SMILES string of the molecule is Cc1ccc(C(F)(F)Oc2ccc(C(F)(F)F)c(F)c2)c(F)c1F. The fraction of sp³-hybridized carbons (Fsp3) is 0.200. The molecule has 0 spiro atoms. The zero-order valence-corrected chi connectivity index (χ0v) is 11.8. The van der Waals surface area contributed by atoms with Gasteiger partial charge in [0.2, 0.25) is 0 Å². The third-order valence-corrected chi connectivity index (χ3v) is 3.08. The summed E-state index contributed by atoms with van der Waals surface area (Å²) < 4.78 is 109. The number of benzene rings is 2. The summed E-state index contributed by atoms with van der Waals surface area (Å²) in [6, 6.07) is 2.17. The van der Waals surface area contributed by atoms with Crippen LogP contribution in [0.15, 0.2) is 30.3 Å². The molecule has 0 heterocycles. The van der Waals surface area contributed by atoms with Gasteiger partial charge in [-0.25, -0.2) is 13.2 Å². The summed E-state index contributed by atoms with van der Waals surface area (Å²) in [5.41, 5.74) is -3.37. The van der Waals surface area contributed by atoms with Gasteiger partial charge in [-0.15, -0.1) is 0 Å². The fourth-order valence-corrected chi connectivity index (χ4v) is 1.86. The maximum absolute atomic E-state index is 13.9. The second kappa shape index (κ2) is 5.95. The predicted octanol–water partition coefficient (Wildman–Crippen LogP) is 5.56. The van der Waals surface area contributed by atoms with E-state index in [0.717, 1.165) is 13.0 Å². The van der Waals surface area contributed by atoms with Gasteiger partial charge in [-0.05, 0) is 30.7 Å². The van der Waals surface area contributed by atoms with Crippen molar-refractivity contribution < 1.29 is 39.9 Å². The summed E-state index contributed by atoms with van der Waals surface area (Å²) in [7, 11) is 0. The molecule has 0 N–H and O–H groups in total. The molecule has 0 aliphatic rings. The highest BCUT2D eigenvalue weighted by molar-refractivity contribution is 5.33. The van der Waals surface area contributed by atoms with Gasteiger partial charge < -0.3 is 4.74 Å². The molecule has 0 fully saturated rings. The van der Waals surface area contributed by atoms with E-state index < -0.39 is 46.6 Å². The van der Waals surface area contributed by atoms with Crippen LogP contribution in [-0.2, 0) is 12.3 Å². The third kappa shape index (κ3) is 3.44. The van der Waals surface area contributed by atoms with Crippen LogP contribution in [0.25, 0.3) is 0 Å². The minimum atomic E-state index is -5.02. The first-order chi connectivity index (χ1) is 10.9. The lowest BCUT2D eigenvalue weighted by atomic mass is 10.1. The summed E-state index contributed by atoms with van der Waals surface area (Å²) in [5, 5.41) is 0. The Balaban J connectivity index is 2.36. The third-order valence-electron chi connectivity index (χ3n) is 3.08. The monoisotopic (exact) mass is 356 g/mol. The van der Waals surface area contributed by atoms with Crippen molar-refractivity contribution in [1.82, 2.24) is 0 Å². The second-order valence-electron chi connectivity index (χ2n) is 4.82. The molecule has 1 nitrogen and oxygen atoms in total. The van der Waals surface area contributed by atoms with Gasteiger partial charge in [0.25, 0.3) is 0 Å². The lowest BCUT2D eigenvalue weighted by Crippen LogP contribution is -2.24. The van der Waals surface area contributed by atoms with Gasteiger partial charge >= 0.3 is 12.3 Å². The zero-order chi connectivity index (χ0) is 18.3. The Bertz CT molecular complexity index is 767. The van der Waals surface area contributed by atoms with Crippen molar-refractivity contribution in [3.8, 4) is 5.75 Å². The molecule has 0 saturated heterocycles. The quantitative estimate of drug-likeness (QED) is 0.655. The summed E-state index contributed by atoms with van der Waals surface area (Å²) >= 11 is 0. The van der Waals surface area contributed by atoms with Gasteiger partial charge in [0.05, 0.1) is 5.56 Å². The van der Waals surface area contributed by atoms with Crippen molar-refractivity contribution in [2.45, 2.75) is 19.2 Å². The first-order valence-corrected chi connectivity index (χ1v) is 6.32. The van der Waals surface area contributed by atoms with Crippen LogP contribution < -0.4 is 4.74 Å². The molecule has 0 aromatic heterocycles. The van der Waals surface area contributed by atoms with Crippen LogP contribution in [0.2, 0.25) is 0 Å². The number of aryl methyl sites for hydroxylation is 1. The Morgan fingerprint density at radius 2 is 1.38 bits per heavy atom. The van der Waals surface area contributed by atoms with Crippen molar-refractivity contribution in [1.29, 1.82) is 0 Å². The van der Waals surface area contributed by atoms with Crippen LogP contribution in [0.3, 0.4) is 0 Å². The first kappa shape index (κ1) is 18.0. The maximum Gasteiger partial charge on any atom is 0.429 e. The van der Waals surface area contributed by atoms with Crippen LogP contribution >= 0.6 is 0 Å². The summed E-state index contributed by atoms with van der Waals surface area (Å²) in [5.74, 6) is -6.21. The lowest BCUT2D eigenvalue weighted by Gasteiger charge is -2.20. The number of alkyl halides is 5. The Kier molecular flexibility index (Phi) is 4.47. The Labute approximate surface area is 130 Å². The van der Waals surface area contributed by atoms with Gasteiger partial charge in [0.15, 0.2) is 11.6 Å². The molecule has 2 aromatic rings. The molecule has 2 aromatic carbocycles. The molecule has 0 atom stereocenters. The van der Waals surface area contributed by atoms with E-state index in [-0.39, 0.29) is 17.7 Å². The van der Waals surface area contributed by atoms with E-state index in [1.54, 1.807) is 0 Å². The highest BCUT2D eigenvalue weighted by atomic mass is 19.4. The van der Waals surface area contributed by atoms with E-state index in [0.29, 0.717) is 12.1 Å². The van der Waals surface area contributed by atoms with Gasteiger partial charge in [-0.3, -0.25) is 0 Å². The zero-order valence-electron chi connectivity index (χ0n) is 11.8. The Morgan fingerprint density at radius 3 is 1.92 bits per heavy atom. The number of halogens is 8. The molecule has 130 valence electrons. The van der Waals surface area contributed by atoms with Crippen LogP contribution in [0.4, 0.5) is 35.1 Å². The van der Waals surface area contributed by atoms with Crippen LogP contribution in [0.1, 0.15) is 16.7 Å². The van der Waals surface area contributed by atoms with Crippen molar-refractivity contribution in [3.63, 3.8) is 0 Å². The van der Waals surface area contributed by atoms with E-state index in [4.69, 9.17) is 0 Å². The fourth-order valence-electron chi connectivity index (χ4n) is 1.86. The molecule has 0 amide bonds.